The van der Waals surface area contributed by atoms with E-state index in [0.717, 1.165) is 28.9 Å². The van der Waals surface area contributed by atoms with Crippen molar-refractivity contribution in [3.05, 3.63) is 64.5 Å². The number of rotatable bonds is 11. The highest BCUT2D eigenvalue weighted by Crippen LogP contribution is 2.24. The third kappa shape index (κ3) is 6.72. The van der Waals surface area contributed by atoms with E-state index in [4.69, 9.17) is 0 Å². The van der Waals surface area contributed by atoms with Crippen molar-refractivity contribution in [2.45, 2.75) is 33.9 Å². The molecule has 1 aliphatic heterocycles. The van der Waals surface area contributed by atoms with Crippen LogP contribution < -0.4 is 15.5 Å². The van der Waals surface area contributed by atoms with E-state index < -0.39 is 0 Å². The van der Waals surface area contributed by atoms with Gasteiger partial charge < -0.3 is 10.2 Å². The summed E-state index contributed by atoms with van der Waals surface area (Å²) in [6, 6.07) is 9.97. The van der Waals surface area contributed by atoms with Crippen LogP contribution in [0.1, 0.15) is 40.9 Å². The summed E-state index contributed by atoms with van der Waals surface area (Å²) >= 11 is 0. The summed E-state index contributed by atoms with van der Waals surface area (Å²) in [6.45, 7) is 8.23. The predicted molar refractivity (Wildman–Crippen MR) is 133 cm³/mol. The molecule has 0 bridgehead atoms. The topological polar surface area (TPSA) is 85.0 Å². The first-order chi connectivity index (χ1) is 16.7. The molecule has 1 heterocycles. The van der Waals surface area contributed by atoms with Gasteiger partial charge in [0.1, 0.15) is 5.82 Å². The van der Waals surface area contributed by atoms with Crippen molar-refractivity contribution < 1.29 is 18.8 Å². The molecule has 2 aromatic carbocycles. The molecule has 0 radical (unpaired) electrons. The van der Waals surface area contributed by atoms with Crippen molar-refractivity contribution in [1.82, 2.24) is 20.7 Å². The maximum atomic E-state index is 13.5. The monoisotopic (exact) mass is 483 g/mol. The average Bonchev–Trinajstić information content (AvgIpc) is 3.24. The Morgan fingerprint density at radius 1 is 1.00 bits per heavy atom. The van der Waals surface area contributed by atoms with Crippen molar-refractivity contribution in [2.24, 2.45) is 0 Å². The van der Waals surface area contributed by atoms with E-state index in [9.17, 15) is 18.8 Å². The Labute approximate surface area is 206 Å². The lowest BCUT2D eigenvalue weighted by molar-refractivity contribution is -0.145. The van der Waals surface area contributed by atoms with Gasteiger partial charge in [-0.15, -0.1) is 0 Å². The van der Waals surface area contributed by atoms with Crippen molar-refractivity contribution in [2.75, 3.05) is 44.7 Å². The molecule has 2 aromatic rings. The molecule has 2 amide bonds. The van der Waals surface area contributed by atoms with Gasteiger partial charge in [-0.3, -0.25) is 24.7 Å². The van der Waals surface area contributed by atoms with Gasteiger partial charge in [0.25, 0.3) is 5.91 Å². The molecule has 8 nitrogen and oxygen atoms in total. The quantitative estimate of drug-likeness (QED) is 0.377. The number of aryl methyl sites for hydroxylation is 1. The number of halogens is 1. The number of likely N-dealkylation sites (N-methyl/N-ethyl adjacent to an activating group) is 2. The van der Waals surface area contributed by atoms with E-state index >= 15 is 0 Å². The van der Waals surface area contributed by atoms with Crippen LogP contribution in [0.15, 0.2) is 36.4 Å². The third-order valence-corrected chi connectivity index (χ3v) is 6.17. The van der Waals surface area contributed by atoms with Crippen LogP contribution in [0.5, 0.6) is 0 Å². The van der Waals surface area contributed by atoms with Gasteiger partial charge in [0, 0.05) is 44.5 Å². The Bertz CT molecular complexity index is 1090. The van der Waals surface area contributed by atoms with Crippen LogP contribution in [-0.4, -0.2) is 67.4 Å². The largest absolute Gasteiger partial charge is 0.315 e. The van der Waals surface area contributed by atoms with Crippen molar-refractivity contribution in [3.8, 4) is 0 Å². The molecule has 188 valence electrons. The normalized spacial score (nSPS) is 12.9. The number of anilines is 1. The second-order valence-electron chi connectivity index (χ2n) is 8.71. The Kier molecular flexibility index (Phi) is 9.08. The number of benzene rings is 2. The van der Waals surface area contributed by atoms with Gasteiger partial charge in [-0.2, -0.15) is 0 Å². The molecule has 35 heavy (non-hydrogen) atoms. The zero-order valence-corrected chi connectivity index (χ0v) is 20.9. The van der Waals surface area contributed by atoms with Crippen LogP contribution in [0.3, 0.4) is 0 Å². The molecule has 0 unspecified atom stereocenters. The smallest absolute Gasteiger partial charge is 0.250 e. The summed E-state index contributed by atoms with van der Waals surface area (Å²) in [5.41, 5.74) is 4.05. The predicted octanol–water partition coefficient (Wildman–Crippen LogP) is 2.26. The minimum Gasteiger partial charge on any atom is -0.315 e. The first-order valence-electron chi connectivity index (χ1n) is 11.8. The van der Waals surface area contributed by atoms with Gasteiger partial charge in [0.2, 0.25) is 5.91 Å². The first-order valence-corrected chi connectivity index (χ1v) is 11.8. The highest BCUT2D eigenvalue weighted by Gasteiger charge is 2.25. The Balaban J connectivity index is 1.58. The summed E-state index contributed by atoms with van der Waals surface area (Å²) in [5, 5.41) is 9.55. The molecule has 2 N–H and O–H groups in total. The highest BCUT2D eigenvalue weighted by atomic mass is 19.1. The van der Waals surface area contributed by atoms with E-state index in [1.165, 1.54) is 24.1 Å². The van der Waals surface area contributed by atoms with Crippen molar-refractivity contribution in [3.63, 3.8) is 0 Å². The van der Waals surface area contributed by atoms with E-state index in [-0.39, 0.29) is 36.5 Å². The zero-order chi connectivity index (χ0) is 25.5. The molecule has 0 saturated heterocycles. The van der Waals surface area contributed by atoms with Gasteiger partial charge >= 0.3 is 0 Å². The Morgan fingerprint density at radius 3 is 2.40 bits per heavy atom. The number of nitrogens with zero attached hydrogens (tertiary/aromatic N) is 3. The molecular weight excluding hydrogens is 449 g/mol. The van der Waals surface area contributed by atoms with Crippen molar-refractivity contribution >= 4 is 23.3 Å². The minimum absolute atomic E-state index is 0.00719. The molecule has 0 spiro atoms. The van der Waals surface area contributed by atoms with Crippen LogP contribution in [0.4, 0.5) is 10.1 Å². The molecular formula is C26H34FN5O3. The van der Waals surface area contributed by atoms with E-state index in [1.54, 1.807) is 36.2 Å². The van der Waals surface area contributed by atoms with Gasteiger partial charge in [-0.1, -0.05) is 13.0 Å². The summed E-state index contributed by atoms with van der Waals surface area (Å²) in [4.78, 5) is 39.2. The second-order valence-corrected chi connectivity index (χ2v) is 8.71. The van der Waals surface area contributed by atoms with Crippen molar-refractivity contribution in [1.29, 1.82) is 0 Å². The number of Topliss-reactive ketones (excluding diaryl/α,β-unsaturated/α-hetero) is 1. The molecule has 0 saturated carbocycles. The fourth-order valence-corrected chi connectivity index (χ4v) is 4.13. The highest BCUT2D eigenvalue weighted by molar-refractivity contribution is 5.98. The maximum Gasteiger partial charge on any atom is 0.250 e. The molecule has 0 fully saturated rings. The van der Waals surface area contributed by atoms with Gasteiger partial charge in [-0.25, -0.2) is 9.40 Å². The summed E-state index contributed by atoms with van der Waals surface area (Å²) < 4.78 is 13.5. The molecule has 3 rings (SSSR count). The standard InChI is InChI=1S/C26H34FN5O3/c1-5-28-10-11-32(24-9-7-20(19(3)33)12-18(24)2)26(35)15-29-14-25(34)30(4)31-16-21-6-8-23(27)13-22(21)17-31/h6-9,12-13,28-29H,5,10-11,14-17H2,1-4H3. The Morgan fingerprint density at radius 2 is 1.71 bits per heavy atom. The summed E-state index contributed by atoms with van der Waals surface area (Å²) in [7, 11) is 1.68. The SMILES string of the molecule is CCNCCN(C(=O)CNCC(=O)N(C)N1Cc2ccc(F)cc2C1)c1ccc(C(C)=O)cc1C. The van der Waals surface area contributed by atoms with Crippen LogP contribution >= 0.6 is 0 Å². The number of hydrogen-bond donors (Lipinski definition) is 2. The van der Waals surface area contributed by atoms with Gasteiger partial charge in [-0.05, 0) is 67.4 Å². The minimum atomic E-state index is -0.287. The lowest BCUT2D eigenvalue weighted by Gasteiger charge is -2.28. The molecule has 1 aliphatic rings. The lowest BCUT2D eigenvalue weighted by Crippen LogP contribution is -2.47. The van der Waals surface area contributed by atoms with Crippen LogP contribution in [0.25, 0.3) is 0 Å². The maximum absolute atomic E-state index is 13.5. The Hall–Kier alpha value is -3.14. The van der Waals surface area contributed by atoms with E-state index in [2.05, 4.69) is 10.6 Å². The fourth-order valence-electron chi connectivity index (χ4n) is 4.13. The van der Waals surface area contributed by atoms with Gasteiger partial charge in [0.15, 0.2) is 5.78 Å². The van der Waals surface area contributed by atoms with Gasteiger partial charge in [0.05, 0.1) is 13.1 Å². The number of fused-ring (bicyclic) bond motifs is 1. The first kappa shape index (κ1) is 26.5. The van der Waals surface area contributed by atoms with Crippen LogP contribution in [0.2, 0.25) is 0 Å². The number of nitrogens with one attached hydrogen (secondary N) is 2. The third-order valence-electron chi connectivity index (χ3n) is 6.17. The number of hydrogen-bond acceptors (Lipinski definition) is 6. The summed E-state index contributed by atoms with van der Waals surface area (Å²) in [5.74, 6) is -0.668. The number of ketones is 1. The number of carbonyl (C=O) groups is 3. The van der Waals surface area contributed by atoms with E-state index in [0.29, 0.717) is 31.7 Å². The second kappa shape index (κ2) is 12.0. The summed E-state index contributed by atoms with van der Waals surface area (Å²) in [6.07, 6.45) is 0. The number of carbonyl (C=O) groups excluding carboxylic acids is 3. The molecule has 9 heteroatoms. The average molecular weight is 484 g/mol. The number of hydrazine groups is 1. The fraction of sp³-hybridized carbons (Fsp3) is 0.423. The number of amides is 2. The lowest BCUT2D eigenvalue weighted by atomic mass is 10.1. The van der Waals surface area contributed by atoms with Crippen LogP contribution in [0, 0.1) is 12.7 Å². The molecule has 0 atom stereocenters. The molecule has 0 aliphatic carbocycles. The van der Waals surface area contributed by atoms with E-state index in [1.807, 2.05) is 18.9 Å². The molecule has 0 aromatic heterocycles. The zero-order valence-electron chi connectivity index (χ0n) is 20.9. The van der Waals surface area contributed by atoms with Crippen LogP contribution in [-0.2, 0) is 22.7 Å².